The third-order valence-electron chi connectivity index (χ3n) is 3.05. The lowest BCUT2D eigenvalue weighted by molar-refractivity contribution is -0.115. The number of benzene rings is 2. The largest absolute Gasteiger partial charge is 0.508 e. The Morgan fingerprint density at radius 2 is 2.05 bits per heavy atom. The predicted octanol–water partition coefficient (Wildman–Crippen LogP) is 3.05. The molecule has 0 saturated heterocycles. The Morgan fingerprint density at radius 3 is 2.84 bits per heavy atom. The van der Waals surface area contributed by atoms with E-state index >= 15 is 0 Å². The van der Waals surface area contributed by atoms with Crippen molar-refractivity contribution >= 4 is 23.4 Å². The van der Waals surface area contributed by atoms with Crippen LogP contribution in [0.3, 0.4) is 0 Å². The average molecular weight is 271 g/mol. The highest BCUT2D eigenvalue weighted by atomic mass is 32.2. The number of anilines is 1. The average Bonchev–Trinajstić information content (AvgIpc) is 2.82. The van der Waals surface area contributed by atoms with Gasteiger partial charge >= 0.3 is 0 Å². The zero-order valence-corrected chi connectivity index (χ0v) is 11.0. The van der Waals surface area contributed by atoms with E-state index in [1.165, 1.54) is 10.5 Å². The second-order valence-corrected chi connectivity index (χ2v) is 5.70. The van der Waals surface area contributed by atoms with Gasteiger partial charge in [-0.2, -0.15) is 0 Å². The van der Waals surface area contributed by atoms with Crippen LogP contribution in [-0.2, 0) is 11.2 Å². The van der Waals surface area contributed by atoms with Gasteiger partial charge in [0.25, 0.3) is 0 Å². The van der Waals surface area contributed by atoms with Crippen molar-refractivity contribution in [2.24, 2.45) is 0 Å². The Balaban J connectivity index is 1.70. The zero-order valence-electron chi connectivity index (χ0n) is 10.2. The molecule has 19 heavy (non-hydrogen) atoms. The lowest BCUT2D eigenvalue weighted by Crippen LogP contribution is -2.24. The molecule has 1 aliphatic rings. The molecule has 0 radical (unpaired) electrons. The van der Waals surface area contributed by atoms with Crippen molar-refractivity contribution in [1.29, 1.82) is 0 Å². The fourth-order valence-corrected chi connectivity index (χ4v) is 3.33. The number of nitrogens with one attached hydrogen (secondary N) is 1. The van der Waals surface area contributed by atoms with Crippen LogP contribution in [0.5, 0.6) is 5.75 Å². The summed E-state index contributed by atoms with van der Waals surface area (Å²) in [6, 6.07) is 14.7. The SMILES string of the molecule is O=C(Nc1cccc(O)c1)C1Cc2ccccc2S1. The van der Waals surface area contributed by atoms with Gasteiger partial charge in [-0.15, -0.1) is 11.8 Å². The van der Waals surface area contributed by atoms with E-state index in [4.69, 9.17) is 0 Å². The van der Waals surface area contributed by atoms with Crippen LogP contribution in [0.2, 0.25) is 0 Å². The van der Waals surface area contributed by atoms with E-state index in [0.29, 0.717) is 5.69 Å². The number of thioether (sulfide) groups is 1. The Bertz CT molecular complexity index is 602. The van der Waals surface area contributed by atoms with E-state index < -0.39 is 0 Å². The highest BCUT2D eigenvalue weighted by Crippen LogP contribution is 2.37. The third kappa shape index (κ3) is 2.58. The lowest BCUT2D eigenvalue weighted by Gasteiger charge is -2.10. The van der Waals surface area contributed by atoms with Crippen molar-refractivity contribution in [2.75, 3.05) is 5.32 Å². The topological polar surface area (TPSA) is 49.3 Å². The predicted molar refractivity (Wildman–Crippen MR) is 76.5 cm³/mol. The van der Waals surface area contributed by atoms with Crippen LogP contribution in [-0.4, -0.2) is 16.3 Å². The van der Waals surface area contributed by atoms with E-state index in [-0.39, 0.29) is 16.9 Å². The number of hydrogen-bond donors (Lipinski definition) is 2. The van der Waals surface area contributed by atoms with Gasteiger partial charge in [0.2, 0.25) is 5.91 Å². The summed E-state index contributed by atoms with van der Waals surface area (Å²) < 4.78 is 0. The second kappa shape index (κ2) is 4.97. The molecule has 1 heterocycles. The molecule has 1 amide bonds. The van der Waals surface area contributed by atoms with E-state index in [1.807, 2.05) is 18.2 Å². The van der Waals surface area contributed by atoms with Crippen molar-refractivity contribution in [3.05, 3.63) is 54.1 Å². The number of rotatable bonds is 2. The molecule has 2 aromatic rings. The maximum Gasteiger partial charge on any atom is 0.238 e. The van der Waals surface area contributed by atoms with Gasteiger partial charge in [-0.05, 0) is 30.2 Å². The highest BCUT2D eigenvalue weighted by Gasteiger charge is 2.27. The molecule has 0 aromatic heterocycles. The van der Waals surface area contributed by atoms with Crippen LogP contribution < -0.4 is 5.32 Å². The summed E-state index contributed by atoms with van der Waals surface area (Å²) in [6.45, 7) is 0. The third-order valence-corrected chi connectivity index (χ3v) is 4.37. The molecule has 0 spiro atoms. The molecule has 3 rings (SSSR count). The van der Waals surface area contributed by atoms with Crippen molar-refractivity contribution in [2.45, 2.75) is 16.6 Å². The van der Waals surface area contributed by atoms with Gasteiger partial charge in [0, 0.05) is 16.6 Å². The van der Waals surface area contributed by atoms with Crippen LogP contribution in [0.25, 0.3) is 0 Å². The lowest BCUT2D eigenvalue weighted by atomic mass is 10.1. The molecule has 0 aliphatic carbocycles. The molecule has 3 nitrogen and oxygen atoms in total. The maximum atomic E-state index is 12.2. The van der Waals surface area contributed by atoms with Gasteiger partial charge in [0.05, 0.1) is 5.25 Å². The normalized spacial score (nSPS) is 16.9. The van der Waals surface area contributed by atoms with E-state index in [1.54, 1.807) is 36.0 Å². The number of fused-ring (bicyclic) bond motifs is 1. The van der Waals surface area contributed by atoms with E-state index in [2.05, 4.69) is 11.4 Å². The van der Waals surface area contributed by atoms with E-state index in [9.17, 15) is 9.90 Å². The van der Waals surface area contributed by atoms with Crippen LogP contribution >= 0.6 is 11.8 Å². The Morgan fingerprint density at radius 1 is 1.21 bits per heavy atom. The van der Waals surface area contributed by atoms with Gasteiger partial charge in [-0.3, -0.25) is 4.79 Å². The molecule has 0 saturated carbocycles. The van der Waals surface area contributed by atoms with Crippen molar-refractivity contribution in [1.82, 2.24) is 0 Å². The molecule has 4 heteroatoms. The summed E-state index contributed by atoms with van der Waals surface area (Å²) in [5.41, 5.74) is 1.85. The summed E-state index contributed by atoms with van der Waals surface area (Å²) in [5, 5.41) is 12.1. The molecule has 2 N–H and O–H groups in total. The standard InChI is InChI=1S/C15H13NO2S/c17-12-6-3-5-11(9-12)16-15(18)14-8-10-4-1-2-7-13(10)19-14/h1-7,9,14,17H,8H2,(H,16,18). The number of aromatic hydroxyl groups is 1. The summed E-state index contributed by atoms with van der Waals surface area (Å²) in [4.78, 5) is 13.4. The van der Waals surface area contributed by atoms with Gasteiger partial charge in [-0.1, -0.05) is 24.3 Å². The second-order valence-electron chi connectivity index (χ2n) is 4.46. The fourth-order valence-electron chi connectivity index (χ4n) is 2.13. The molecule has 96 valence electrons. The minimum Gasteiger partial charge on any atom is -0.508 e. The summed E-state index contributed by atoms with van der Waals surface area (Å²) in [7, 11) is 0. The first-order valence-corrected chi connectivity index (χ1v) is 6.95. The summed E-state index contributed by atoms with van der Waals surface area (Å²) >= 11 is 1.59. The molecule has 0 fully saturated rings. The molecule has 1 atom stereocenters. The minimum absolute atomic E-state index is 0.0215. The quantitative estimate of drug-likeness (QED) is 0.882. The maximum absolute atomic E-state index is 12.2. The van der Waals surface area contributed by atoms with Crippen molar-refractivity contribution in [3.63, 3.8) is 0 Å². The number of amides is 1. The smallest absolute Gasteiger partial charge is 0.238 e. The van der Waals surface area contributed by atoms with Crippen LogP contribution in [0.4, 0.5) is 5.69 Å². The minimum atomic E-state index is -0.0975. The summed E-state index contributed by atoms with van der Waals surface area (Å²) in [6.07, 6.45) is 0.755. The first kappa shape index (κ1) is 12.1. The van der Waals surface area contributed by atoms with E-state index in [0.717, 1.165) is 6.42 Å². The first-order chi connectivity index (χ1) is 9.22. The van der Waals surface area contributed by atoms with Crippen LogP contribution in [0.15, 0.2) is 53.4 Å². The van der Waals surface area contributed by atoms with Crippen molar-refractivity contribution < 1.29 is 9.90 Å². The Labute approximate surface area is 115 Å². The number of carbonyl (C=O) groups is 1. The van der Waals surface area contributed by atoms with Gasteiger partial charge < -0.3 is 10.4 Å². The number of hydrogen-bond acceptors (Lipinski definition) is 3. The number of phenolic OH excluding ortho intramolecular Hbond substituents is 1. The zero-order chi connectivity index (χ0) is 13.2. The fraction of sp³-hybridized carbons (Fsp3) is 0.133. The highest BCUT2D eigenvalue weighted by molar-refractivity contribution is 8.01. The Kier molecular flexibility index (Phi) is 3.17. The van der Waals surface area contributed by atoms with Crippen LogP contribution in [0, 0.1) is 0 Å². The molecule has 1 aliphatic heterocycles. The monoisotopic (exact) mass is 271 g/mol. The molecule has 0 bridgehead atoms. The Hall–Kier alpha value is -1.94. The van der Waals surface area contributed by atoms with Crippen molar-refractivity contribution in [3.8, 4) is 5.75 Å². The van der Waals surface area contributed by atoms with Gasteiger partial charge in [0.1, 0.15) is 5.75 Å². The summed E-state index contributed by atoms with van der Waals surface area (Å²) in [5.74, 6) is 0.131. The molecular weight excluding hydrogens is 258 g/mol. The number of carbonyl (C=O) groups excluding carboxylic acids is 1. The van der Waals surface area contributed by atoms with Gasteiger partial charge in [0.15, 0.2) is 0 Å². The molecule has 2 aromatic carbocycles. The van der Waals surface area contributed by atoms with Crippen LogP contribution in [0.1, 0.15) is 5.56 Å². The molecular formula is C15H13NO2S. The molecule has 1 unspecified atom stereocenters. The number of phenols is 1. The first-order valence-electron chi connectivity index (χ1n) is 6.07. The van der Waals surface area contributed by atoms with Gasteiger partial charge in [-0.25, -0.2) is 0 Å².